The van der Waals surface area contributed by atoms with Crippen LogP contribution in [-0.4, -0.2) is 9.91 Å². The quantitative estimate of drug-likeness (QED) is 0.565. The molecule has 80 valence electrons. The molecule has 4 nitrogen and oxygen atoms in total. The number of pyridine rings is 1. The largest absolute Gasteiger partial charge is 0.433 e. The summed E-state index contributed by atoms with van der Waals surface area (Å²) in [6, 6.07) is 1.87. The normalized spacial score (nSPS) is 11.9. The van der Waals surface area contributed by atoms with Crippen LogP contribution >= 0.6 is 0 Å². The van der Waals surface area contributed by atoms with E-state index in [1.807, 2.05) is 0 Å². The molecule has 15 heavy (non-hydrogen) atoms. The SMILES string of the molecule is O=[N+]([O-])/C=C/c1ccc(C(F)(F)F)nc1. The highest BCUT2D eigenvalue weighted by molar-refractivity contribution is 5.46. The number of rotatable bonds is 2. The van der Waals surface area contributed by atoms with Gasteiger partial charge in [-0.05, 0) is 11.6 Å². The highest BCUT2D eigenvalue weighted by atomic mass is 19.4. The zero-order chi connectivity index (χ0) is 11.5. The molecular weight excluding hydrogens is 213 g/mol. The number of hydrogen-bond acceptors (Lipinski definition) is 3. The van der Waals surface area contributed by atoms with Gasteiger partial charge in [0.2, 0.25) is 6.20 Å². The lowest BCUT2D eigenvalue weighted by Crippen LogP contribution is -2.07. The average Bonchev–Trinajstić information content (AvgIpc) is 2.14. The second-order valence-corrected chi connectivity index (χ2v) is 2.58. The molecule has 0 radical (unpaired) electrons. The van der Waals surface area contributed by atoms with Crippen LogP contribution in [0.25, 0.3) is 6.08 Å². The number of hydrogen-bond donors (Lipinski definition) is 0. The molecule has 1 heterocycles. The first-order valence-corrected chi connectivity index (χ1v) is 3.74. The Morgan fingerprint density at radius 2 is 2.07 bits per heavy atom. The third kappa shape index (κ3) is 3.37. The second-order valence-electron chi connectivity index (χ2n) is 2.58. The van der Waals surface area contributed by atoms with Crippen molar-refractivity contribution >= 4 is 6.08 Å². The third-order valence-electron chi connectivity index (χ3n) is 1.47. The van der Waals surface area contributed by atoms with E-state index in [-0.39, 0.29) is 5.56 Å². The predicted octanol–water partition coefficient (Wildman–Crippen LogP) is 2.35. The molecule has 0 aromatic carbocycles. The van der Waals surface area contributed by atoms with Crippen molar-refractivity contribution < 1.29 is 18.1 Å². The molecule has 7 heteroatoms. The first-order chi connectivity index (χ1) is 6.89. The van der Waals surface area contributed by atoms with Crippen LogP contribution in [0.2, 0.25) is 0 Å². The molecule has 0 spiro atoms. The fourth-order valence-electron chi connectivity index (χ4n) is 0.819. The molecule has 0 saturated heterocycles. The molecule has 0 fully saturated rings. The first-order valence-electron chi connectivity index (χ1n) is 3.74. The van der Waals surface area contributed by atoms with Crippen molar-refractivity contribution in [2.75, 3.05) is 0 Å². The zero-order valence-electron chi connectivity index (χ0n) is 7.23. The summed E-state index contributed by atoms with van der Waals surface area (Å²) in [5.41, 5.74) is -0.791. The first kappa shape index (κ1) is 11.2. The van der Waals surface area contributed by atoms with E-state index in [1.54, 1.807) is 0 Å². The topological polar surface area (TPSA) is 56.0 Å². The summed E-state index contributed by atoms with van der Waals surface area (Å²) >= 11 is 0. The van der Waals surface area contributed by atoms with Crippen LogP contribution in [0.3, 0.4) is 0 Å². The smallest absolute Gasteiger partial charge is 0.259 e. The maximum absolute atomic E-state index is 12.0. The maximum Gasteiger partial charge on any atom is 0.433 e. The van der Waals surface area contributed by atoms with E-state index in [0.717, 1.165) is 24.4 Å². The highest BCUT2D eigenvalue weighted by Crippen LogP contribution is 2.27. The Kier molecular flexibility index (Phi) is 3.03. The number of nitrogens with zero attached hydrogens (tertiary/aromatic N) is 2. The minimum atomic E-state index is -4.49. The molecule has 0 N–H and O–H groups in total. The fraction of sp³-hybridized carbons (Fsp3) is 0.125. The number of nitro groups is 1. The molecule has 0 aliphatic rings. The van der Waals surface area contributed by atoms with Gasteiger partial charge < -0.3 is 0 Å². The van der Waals surface area contributed by atoms with Crippen molar-refractivity contribution in [1.82, 2.24) is 4.98 Å². The monoisotopic (exact) mass is 218 g/mol. The van der Waals surface area contributed by atoms with Gasteiger partial charge in [0, 0.05) is 12.3 Å². The van der Waals surface area contributed by atoms with Crippen LogP contribution in [0.4, 0.5) is 13.2 Å². The van der Waals surface area contributed by atoms with Gasteiger partial charge in [-0.3, -0.25) is 15.1 Å². The van der Waals surface area contributed by atoms with Gasteiger partial charge in [-0.25, -0.2) is 0 Å². The average molecular weight is 218 g/mol. The summed E-state index contributed by atoms with van der Waals surface area (Å²) in [5, 5.41) is 9.92. The molecule has 1 aromatic rings. The zero-order valence-corrected chi connectivity index (χ0v) is 7.23. The molecule has 0 amide bonds. The fourth-order valence-corrected chi connectivity index (χ4v) is 0.819. The lowest BCUT2D eigenvalue weighted by Gasteiger charge is -2.04. The van der Waals surface area contributed by atoms with Gasteiger partial charge in [0.15, 0.2) is 0 Å². The van der Waals surface area contributed by atoms with E-state index in [2.05, 4.69) is 4.98 Å². The van der Waals surface area contributed by atoms with Crippen molar-refractivity contribution in [3.8, 4) is 0 Å². The van der Waals surface area contributed by atoms with Crippen molar-refractivity contribution in [3.63, 3.8) is 0 Å². The molecule has 0 saturated carbocycles. The Morgan fingerprint density at radius 3 is 2.47 bits per heavy atom. The van der Waals surface area contributed by atoms with Gasteiger partial charge in [-0.1, -0.05) is 6.07 Å². The third-order valence-corrected chi connectivity index (χ3v) is 1.47. The Bertz CT molecular complexity index is 384. The van der Waals surface area contributed by atoms with E-state index in [4.69, 9.17) is 0 Å². The Labute approximate surface area is 82.2 Å². The summed E-state index contributed by atoms with van der Waals surface area (Å²) in [4.78, 5) is 12.3. The standard InChI is InChI=1S/C8H5F3N2O2/c9-8(10,11)7-2-1-6(5-12-7)3-4-13(14)15/h1-5H/b4-3+. The summed E-state index contributed by atoms with van der Waals surface area (Å²) in [7, 11) is 0. The van der Waals surface area contributed by atoms with E-state index >= 15 is 0 Å². The molecule has 0 atom stereocenters. The van der Waals surface area contributed by atoms with Gasteiger partial charge in [0.1, 0.15) is 5.69 Å². The molecule has 0 aliphatic heterocycles. The molecule has 1 aromatic heterocycles. The Hall–Kier alpha value is -1.92. The van der Waals surface area contributed by atoms with Crippen LogP contribution in [0.15, 0.2) is 24.5 Å². The maximum atomic E-state index is 12.0. The number of aromatic nitrogens is 1. The van der Waals surface area contributed by atoms with Gasteiger partial charge in [0.25, 0.3) is 0 Å². The van der Waals surface area contributed by atoms with Crippen LogP contribution in [0, 0.1) is 10.1 Å². The van der Waals surface area contributed by atoms with Gasteiger partial charge in [-0.2, -0.15) is 13.2 Å². The molecule has 0 bridgehead atoms. The summed E-state index contributed by atoms with van der Waals surface area (Å²) in [6.45, 7) is 0. The summed E-state index contributed by atoms with van der Waals surface area (Å²) in [5.74, 6) is 0. The van der Waals surface area contributed by atoms with Crippen LogP contribution in [0.1, 0.15) is 11.3 Å². The second kappa shape index (κ2) is 4.07. The van der Waals surface area contributed by atoms with Gasteiger partial charge in [0.05, 0.1) is 4.92 Å². The van der Waals surface area contributed by atoms with E-state index in [1.165, 1.54) is 0 Å². The van der Waals surface area contributed by atoms with Crippen molar-refractivity contribution in [2.24, 2.45) is 0 Å². The molecule has 1 rings (SSSR count). The summed E-state index contributed by atoms with van der Waals surface area (Å²) in [6.07, 6.45) is -1.88. The Morgan fingerprint density at radius 1 is 1.40 bits per heavy atom. The van der Waals surface area contributed by atoms with Crippen LogP contribution < -0.4 is 0 Å². The summed E-state index contributed by atoms with van der Waals surface area (Å²) < 4.78 is 36.1. The Balaban J connectivity index is 2.86. The van der Waals surface area contributed by atoms with Crippen molar-refractivity contribution in [3.05, 3.63) is 45.9 Å². The van der Waals surface area contributed by atoms with Crippen molar-refractivity contribution in [2.45, 2.75) is 6.18 Å². The minimum absolute atomic E-state index is 0.236. The van der Waals surface area contributed by atoms with Crippen LogP contribution in [-0.2, 0) is 6.18 Å². The van der Waals surface area contributed by atoms with E-state index < -0.39 is 16.8 Å². The van der Waals surface area contributed by atoms with Crippen molar-refractivity contribution in [1.29, 1.82) is 0 Å². The van der Waals surface area contributed by atoms with Gasteiger partial charge in [-0.15, -0.1) is 0 Å². The van der Waals surface area contributed by atoms with Crippen LogP contribution in [0.5, 0.6) is 0 Å². The molecular formula is C8H5F3N2O2. The minimum Gasteiger partial charge on any atom is -0.259 e. The molecule has 0 unspecified atom stereocenters. The lowest BCUT2D eigenvalue weighted by molar-refractivity contribution is -0.400. The molecule has 0 aliphatic carbocycles. The highest BCUT2D eigenvalue weighted by Gasteiger charge is 2.31. The van der Waals surface area contributed by atoms with Gasteiger partial charge >= 0.3 is 6.18 Å². The number of alkyl halides is 3. The number of halogens is 3. The predicted molar refractivity (Wildman–Crippen MR) is 45.3 cm³/mol. The lowest BCUT2D eigenvalue weighted by atomic mass is 10.2. The van der Waals surface area contributed by atoms with E-state index in [0.29, 0.717) is 6.20 Å². The van der Waals surface area contributed by atoms with E-state index in [9.17, 15) is 23.3 Å².